The standard InChI is InChI=1S/C16H11N3O2/c1-19-8-7-9-13(19)6-5-12-14(9)18-15-10(16(20)21)3-2-4-11(15)17-12/h2-8H,1H3,(H,20,21). The topological polar surface area (TPSA) is 68.0 Å². The molecule has 4 rings (SSSR count). The molecule has 5 nitrogen and oxygen atoms in total. The van der Waals surface area contributed by atoms with Crippen molar-refractivity contribution in [1.29, 1.82) is 0 Å². The molecule has 0 atom stereocenters. The van der Waals surface area contributed by atoms with Gasteiger partial charge in [0, 0.05) is 18.6 Å². The van der Waals surface area contributed by atoms with Gasteiger partial charge in [-0.25, -0.2) is 14.8 Å². The lowest BCUT2D eigenvalue weighted by atomic mass is 10.1. The third-order valence-electron chi connectivity index (χ3n) is 3.73. The first-order chi connectivity index (χ1) is 10.1. The van der Waals surface area contributed by atoms with E-state index < -0.39 is 5.97 Å². The number of carbonyl (C=O) groups is 1. The maximum atomic E-state index is 11.3. The summed E-state index contributed by atoms with van der Waals surface area (Å²) in [5, 5.41) is 10.3. The summed E-state index contributed by atoms with van der Waals surface area (Å²) in [4.78, 5) is 20.5. The molecule has 2 aromatic carbocycles. The number of fused-ring (bicyclic) bond motifs is 4. The van der Waals surface area contributed by atoms with Gasteiger partial charge in [-0.15, -0.1) is 0 Å². The molecule has 1 N–H and O–H groups in total. The van der Waals surface area contributed by atoms with E-state index in [1.165, 1.54) is 0 Å². The van der Waals surface area contributed by atoms with Gasteiger partial charge in [-0.2, -0.15) is 0 Å². The molecule has 21 heavy (non-hydrogen) atoms. The Balaban J connectivity index is 2.22. The number of nitrogens with zero attached hydrogens (tertiary/aromatic N) is 3. The Morgan fingerprint density at radius 2 is 1.86 bits per heavy atom. The van der Waals surface area contributed by atoms with E-state index >= 15 is 0 Å². The van der Waals surface area contributed by atoms with Crippen molar-refractivity contribution >= 4 is 38.9 Å². The summed E-state index contributed by atoms with van der Waals surface area (Å²) in [5.74, 6) is -0.991. The quantitative estimate of drug-likeness (QED) is 0.543. The van der Waals surface area contributed by atoms with E-state index in [1.54, 1.807) is 18.2 Å². The Hall–Kier alpha value is -2.95. The maximum absolute atomic E-state index is 11.3. The van der Waals surface area contributed by atoms with Gasteiger partial charge in [-0.3, -0.25) is 0 Å². The van der Waals surface area contributed by atoms with Gasteiger partial charge in [0.05, 0.1) is 27.6 Å². The largest absolute Gasteiger partial charge is 0.478 e. The van der Waals surface area contributed by atoms with Crippen molar-refractivity contribution in [1.82, 2.24) is 14.5 Å². The molecule has 0 fully saturated rings. The average Bonchev–Trinajstić information content (AvgIpc) is 2.86. The molecule has 2 aromatic heterocycles. The van der Waals surface area contributed by atoms with Gasteiger partial charge in [0.2, 0.25) is 0 Å². The highest BCUT2D eigenvalue weighted by Gasteiger charge is 2.13. The summed E-state index contributed by atoms with van der Waals surface area (Å²) in [5.41, 5.74) is 3.74. The smallest absolute Gasteiger partial charge is 0.337 e. The van der Waals surface area contributed by atoms with Crippen LogP contribution in [-0.2, 0) is 7.05 Å². The fraction of sp³-hybridized carbons (Fsp3) is 0.0625. The van der Waals surface area contributed by atoms with Crippen LogP contribution in [0.5, 0.6) is 0 Å². The van der Waals surface area contributed by atoms with E-state index in [0.29, 0.717) is 11.0 Å². The number of hydrogen-bond donors (Lipinski definition) is 1. The van der Waals surface area contributed by atoms with Gasteiger partial charge >= 0.3 is 5.97 Å². The number of benzene rings is 2. The van der Waals surface area contributed by atoms with E-state index in [9.17, 15) is 9.90 Å². The van der Waals surface area contributed by atoms with Crippen LogP contribution in [0, 0.1) is 0 Å². The van der Waals surface area contributed by atoms with Crippen LogP contribution in [0.3, 0.4) is 0 Å². The van der Waals surface area contributed by atoms with Crippen LogP contribution in [0.4, 0.5) is 0 Å². The fourth-order valence-electron chi connectivity index (χ4n) is 2.69. The first kappa shape index (κ1) is 11.8. The van der Waals surface area contributed by atoms with Crippen molar-refractivity contribution < 1.29 is 9.90 Å². The van der Waals surface area contributed by atoms with Gasteiger partial charge in [-0.1, -0.05) is 6.07 Å². The minimum Gasteiger partial charge on any atom is -0.478 e. The van der Waals surface area contributed by atoms with Crippen molar-refractivity contribution in [2.45, 2.75) is 0 Å². The molecule has 0 radical (unpaired) electrons. The second kappa shape index (κ2) is 4.02. The number of carboxylic acids is 1. The highest BCUT2D eigenvalue weighted by atomic mass is 16.4. The first-order valence-electron chi connectivity index (χ1n) is 6.53. The van der Waals surface area contributed by atoms with Crippen molar-refractivity contribution in [3.05, 3.63) is 48.2 Å². The van der Waals surface area contributed by atoms with Crippen molar-refractivity contribution in [3.8, 4) is 0 Å². The molecule has 0 unspecified atom stereocenters. The van der Waals surface area contributed by atoms with Crippen LogP contribution >= 0.6 is 0 Å². The Morgan fingerprint density at radius 3 is 2.67 bits per heavy atom. The monoisotopic (exact) mass is 277 g/mol. The Kier molecular flexibility index (Phi) is 2.27. The molecule has 0 aliphatic heterocycles. The molecule has 2 heterocycles. The minimum absolute atomic E-state index is 0.176. The Morgan fingerprint density at radius 1 is 1.05 bits per heavy atom. The van der Waals surface area contributed by atoms with Crippen molar-refractivity contribution in [2.75, 3.05) is 0 Å². The fourth-order valence-corrected chi connectivity index (χ4v) is 2.69. The molecule has 102 valence electrons. The molecule has 5 heteroatoms. The molecule has 0 spiro atoms. The molecule has 0 bridgehead atoms. The highest BCUT2D eigenvalue weighted by Crippen LogP contribution is 2.26. The SMILES string of the molecule is Cn1ccc2c3nc4c(C(=O)O)cccc4nc3ccc21. The molecule has 0 saturated heterocycles. The third-order valence-corrected chi connectivity index (χ3v) is 3.73. The van der Waals surface area contributed by atoms with Crippen LogP contribution < -0.4 is 0 Å². The zero-order valence-corrected chi connectivity index (χ0v) is 11.2. The summed E-state index contributed by atoms with van der Waals surface area (Å²) in [7, 11) is 1.96. The molecule has 0 saturated carbocycles. The summed E-state index contributed by atoms with van der Waals surface area (Å²) >= 11 is 0. The van der Waals surface area contributed by atoms with Gasteiger partial charge in [0.15, 0.2) is 0 Å². The predicted molar refractivity (Wildman–Crippen MR) is 80.5 cm³/mol. The molecule has 0 aliphatic carbocycles. The summed E-state index contributed by atoms with van der Waals surface area (Å²) in [6, 6.07) is 10.9. The number of aromatic nitrogens is 3. The second-order valence-corrected chi connectivity index (χ2v) is 4.99. The summed E-state index contributed by atoms with van der Waals surface area (Å²) in [6.07, 6.45) is 1.96. The summed E-state index contributed by atoms with van der Waals surface area (Å²) in [6.45, 7) is 0. The lowest BCUT2D eigenvalue weighted by Crippen LogP contribution is -2.00. The van der Waals surface area contributed by atoms with Crippen LogP contribution in [0.1, 0.15) is 10.4 Å². The lowest BCUT2D eigenvalue weighted by Gasteiger charge is -2.05. The van der Waals surface area contributed by atoms with E-state index in [2.05, 4.69) is 9.97 Å². The average molecular weight is 277 g/mol. The van der Waals surface area contributed by atoms with Crippen molar-refractivity contribution in [2.24, 2.45) is 7.05 Å². The molecule has 0 amide bonds. The number of aryl methyl sites for hydroxylation is 1. The number of carboxylic acid groups (broad SMARTS) is 1. The van der Waals surface area contributed by atoms with E-state index in [1.807, 2.05) is 36.0 Å². The van der Waals surface area contributed by atoms with E-state index in [0.717, 1.165) is 21.9 Å². The minimum atomic E-state index is -0.991. The zero-order valence-electron chi connectivity index (χ0n) is 11.2. The molecular weight excluding hydrogens is 266 g/mol. The number of hydrogen-bond acceptors (Lipinski definition) is 3. The van der Waals surface area contributed by atoms with E-state index in [-0.39, 0.29) is 5.56 Å². The van der Waals surface area contributed by atoms with Gasteiger partial charge < -0.3 is 9.67 Å². The summed E-state index contributed by atoms with van der Waals surface area (Å²) < 4.78 is 2.00. The molecule has 0 aliphatic rings. The number of rotatable bonds is 1. The van der Waals surface area contributed by atoms with E-state index in [4.69, 9.17) is 0 Å². The normalized spacial score (nSPS) is 11.5. The Labute approximate surface area is 119 Å². The predicted octanol–water partition coefficient (Wildman–Crippen LogP) is 2.97. The van der Waals surface area contributed by atoms with Crippen LogP contribution in [0.2, 0.25) is 0 Å². The number of aromatic carboxylic acids is 1. The molecule has 4 aromatic rings. The van der Waals surface area contributed by atoms with Crippen molar-refractivity contribution in [3.63, 3.8) is 0 Å². The van der Waals surface area contributed by atoms with Crippen LogP contribution in [0.15, 0.2) is 42.6 Å². The second-order valence-electron chi connectivity index (χ2n) is 4.99. The number of para-hydroxylation sites is 1. The van der Waals surface area contributed by atoms with Crippen LogP contribution in [-0.4, -0.2) is 25.6 Å². The van der Waals surface area contributed by atoms with Crippen LogP contribution in [0.25, 0.3) is 33.0 Å². The van der Waals surface area contributed by atoms with Gasteiger partial charge in [-0.05, 0) is 30.3 Å². The lowest BCUT2D eigenvalue weighted by molar-refractivity contribution is 0.0699. The Bertz CT molecular complexity index is 1030. The maximum Gasteiger partial charge on any atom is 0.337 e. The zero-order chi connectivity index (χ0) is 14.6. The molecular formula is C16H11N3O2. The van der Waals surface area contributed by atoms with Gasteiger partial charge in [0.25, 0.3) is 0 Å². The van der Waals surface area contributed by atoms with Gasteiger partial charge in [0.1, 0.15) is 5.52 Å². The highest BCUT2D eigenvalue weighted by molar-refractivity contribution is 6.08. The third kappa shape index (κ3) is 1.61. The first-order valence-corrected chi connectivity index (χ1v) is 6.53.